The van der Waals surface area contributed by atoms with Crippen LogP contribution in [-0.4, -0.2) is 11.3 Å². The van der Waals surface area contributed by atoms with Gasteiger partial charge in [0, 0.05) is 57.6 Å². The van der Waals surface area contributed by atoms with Gasteiger partial charge in [0.25, 0.3) is 0 Å². The second kappa shape index (κ2) is 22.3. The molecule has 3 N–H and O–H groups in total. The Bertz CT molecular complexity index is 1230. The van der Waals surface area contributed by atoms with Gasteiger partial charge in [0.1, 0.15) is 0 Å². The summed E-state index contributed by atoms with van der Waals surface area (Å²) in [6, 6.07) is 10.6. The quantitative estimate of drug-likeness (QED) is 0.335. The molecule has 0 atom stereocenters. The Labute approximate surface area is 211 Å². The molecular weight excluding hydrogens is 490 g/mol. The second-order valence-corrected chi connectivity index (χ2v) is 5.32. The van der Waals surface area contributed by atoms with E-state index in [1.54, 1.807) is 30.5 Å². The van der Waals surface area contributed by atoms with E-state index in [1.165, 1.54) is 6.07 Å². The molecule has 2 aromatic rings. The van der Waals surface area contributed by atoms with Crippen LogP contribution in [0.15, 0.2) is 41.3 Å². The van der Waals surface area contributed by atoms with E-state index in [1.807, 2.05) is 0 Å². The maximum atomic E-state index is 11.1. The number of hydrogen-bond donors (Lipinski definition) is 2. The van der Waals surface area contributed by atoms with Gasteiger partial charge in [0.15, 0.2) is 6.29 Å². The molecule has 32 heavy (non-hydrogen) atoms. The van der Waals surface area contributed by atoms with Crippen LogP contribution in [0.5, 0.6) is 0 Å². The van der Waals surface area contributed by atoms with Crippen LogP contribution < -0.4 is 11.3 Å². The highest BCUT2D eigenvalue weighted by Gasteiger charge is 2.04. The van der Waals surface area contributed by atoms with Crippen LogP contribution in [0, 0.1) is 59.3 Å². The fourth-order valence-corrected chi connectivity index (χ4v) is 2.14. The van der Waals surface area contributed by atoms with Crippen molar-refractivity contribution in [2.45, 2.75) is 14.9 Å². The number of nitrogens with one attached hydrogen (secondary N) is 1. The fraction of sp³-hybridized carbons (Fsp3) is 0.0833. The Morgan fingerprint density at radius 2 is 1.41 bits per heavy atom. The van der Waals surface area contributed by atoms with Crippen LogP contribution in [0.4, 0.5) is 0 Å². The Morgan fingerprint density at radius 3 is 1.91 bits per heavy atom. The Hall–Kier alpha value is -3.40. The summed E-state index contributed by atoms with van der Waals surface area (Å²) in [7, 11) is 0. The van der Waals surface area contributed by atoms with Gasteiger partial charge >= 0.3 is 0 Å². The lowest BCUT2D eigenvalue weighted by Crippen LogP contribution is -2.02. The summed E-state index contributed by atoms with van der Waals surface area (Å²) < 4.78 is 0. The zero-order valence-corrected chi connectivity index (χ0v) is 18.2. The van der Waals surface area contributed by atoms with Gasteiger partial charge in [-0.25, -0.2) is 0 Å². The lowest BCUT2D eigenvalue weighted by molar-refractivity contribution is -0.103. The molecule has 1 aromatic carbocycles. The first-order valence-corrected chi connectivity index (χ1v) is 8.13. The number of benzene rings is 1. The minimum absolute atomic E-state index is 0. The van der Waals surface area contributed by atoms with E-state index >= 15 is 0 Å². The van der Waals surface area contributed by atoms with E-state index in [9.17, 15) is 9.59 Å². The summed E-state index contributed by atoms with van der Waals surface area (Å²) in [5.41, 5.74) is 6.26. The first-order chi connectivity index (χ1) is 13.6. The molecule has 0 aliphatic heterocycles. The molecule has 0 bridgehead atoms. The van der Waals surface area contributed by atoms with Crippen molar-refractivity contribution in [3.8, 4) is 70.5 Å². The normalized spacial score (nSPS) is 6.44. The number of aldehydes is 1. The molecule has 1 heterocycles. The topological polar surface area (TPSA) is 76.0 Å². The van der Waals surface area contributed by atoms with E-state index in [4.69, 9.17) is 28.9 Å². The van der Waals surface area contributed by atoms with Gasteiger partial charge in [0.2, 0.25) is 5.56 Å². The fourth-order valence-electron chi connectivity index (χ4n) is 1.62. The molecule has 0 amide bonds. The molecule has 166 valence electrons. The third kappa shape index (κ3) is 15.4. The van der Waals surface area contributed by atoms with Crippen LogP contribution >= 0.6 is 48.0 Å². The van der Waals surface area contributed by atoms with Crippen molar-refractivity contribution < 1.29 is 4.79 Å². The van der Waals surface area contributed by atoms with E-state index in [2.05, 4.69) is 64.3 Å². The van der Waals surface area contributed by atoms with Crippen LogP contribution in [0.1, 0.15) is 14.9 Å². The molecule has 0 unspecified atom stereocenters. The Balaban J connectivity index is -0.000000220. The van der Waals surface area contributed by atoms with Crippen LogP contribution in [0.2, 0.25) is 10.0 Å². The highest BCUT2D eigenvalue weighted by atomic mass is 35.5. The number of carbonyl (C=O) groups excluding carboxylic acids is 1. The number of hydrogen-bond acceptors (Lipinski definition) is 3. The summed E-state index contributed by atoms with van der Waals surface area (Å²) in [5, 5.41) is 1.11. The summed E-state index contributed by atoms with van der Waals surface area (Å²) in [5.74, 6) is 20.9. The molecule has 0 radical (unpaired) electrons. The van der Waals surface area contributed by atoms with Crippen molar-refractivity contribution in [1.29, 1.82) is 0 Å². The molecule has 1 aromatic heterocycles. The van der Waals surface area contributed by atoms with Gasteiger partial charge in [-0.3, -0.25) is 9.59 Å². The first kappa shape index (κ1) is 36.0. The number of carbonyl (C=O) groups is 1. The average molecular weight is 510 g/mol. The average Bonchev–Trinajstić information content (AvgIpc) is 2.67. The van der Waals surface area contributed by atoms with E-state index in [0.29, 0.717) is 16.3 Å². The molecular formula is C24H20Cl4N2O2. The predicted molar refractivity (Wildman–Crippen MR) is 140 cm³/mol. The van der Waals surface area contributed by atoms with Gasteiger partial charge in [-0.1, -0.05) is 44.1 Å². The van der Waals surface area contributed by atoms with Gasteiger partial charge < -0.3 is 10.7 Å². The highest BCUT2D eigenvalue weighted by Crippen LogP contribution is 2.29. The molecule has 0 fully saturated rings. The van der Waals surface area contributed by atoms with Crippen molar-refractivity contribution in [1.82, 2.24) is 4.98 Å². The maximum absolute atomic E-state index is 11.1. The molecule has 2 rings (SSSR count). The number of nitrogens with two attached hydrogens (primary N) is 1. The minimum Gasteiger partial charge on any atom is -0.359 e. The smallest absolute Gasteiger partial charge is 0.248 e. The molecule has 0 aliphatic carbocycles. The minimum atomic E-state index is -0.154. The summed E-state index contributed by atoms with van der Waals surface area (Å²) in [6.45, 7) is 0. The van der Waals surface area contributed by atoms with Gasteiger partial charge in [-0.2, -0.15) is 0 Å². The SMILES string of the molecule is C.C.Cl.Cl.NC#CC#CC#CC#CC#CC=O.O=c1cc(-c2ccc(Cl)cc2Cl)cc[nH]1. The predicted octanol–water partition coefficient (Wildman–Crippen LogP) is 4.58. The van der Waals surface area contributed by atoms with Crippen molar-refractivity contribution in [2.75, 3.05) is 0 Å². The number of aromatic nitrogens is 1. The number of halogens is 4. The van der Waals surface area contributed by atoms with Crippen molar-refractivity contribution >= 4 is 54.3 Å². The van der Waals surface area contributed by atoms with Crippen molar-refractivity contribution in [3.05, 3.63) is 56.9 Å². The summed E-state index contributed by atoms with van der Waals surface area (Å²) in [6.07, 6.45) is 2.04. The second-order valence-electron chi connectivity index (χ2n) is 4.47. The molecule has 0 saturated heterocycles. The van der Waals surface area contributed by atoms with E-state index < -0.39 is 0 Å². The first-order valence-electron chi connectivity index (χ1n) is 7.37. The van der Waals surface area contributed by atoms with Gasteiger partial charge in [0.05, 0.1) is 0 Å². The Morgan fingerprint density at radius 1 is 0.844 bits per heavy atom. The van der Waals surface area contributed by atoms with Crippen LogP contribution in [0.25, 0.3) is 11.1 Å². The zero-order valence-electron chi connectivity index (χ0n) is 15.0. The molecule has 4 nitrogen and oxygen atoms in total. The number of pyridine rings is 1. The van der Waals surface area contributed by atoms with Crippen molar-refractivity contribution in [2.24, 2.45) is 5.73 Å². The number of rotatable bonds is 1. The monoisotopic (exact) mass is 508 g/mol. The lowest BCUT2D eigenvalue weighted by Gasteiger charge is -2.03. The Kier molecular flexibility index (Phi) is 25.1. The largest absolute Gasteiger partial charge is 0.359 e. The van der Waals surface area contributed by atoms with Crippen LogP contribution in [-0.2, 0) is 4.79 Å². The maximum Gasteiger partial charge on any atom is 0.248 e. The summed E-state index contributed by atoms with van der Waals surface area (Å²) >= 11 is 11.8. The van der Waals surface area contributed by atoms with Gasteiger partial charge in [-0.05, 0) is 53.4 Å². The van der Waals surface area contributed by atoms with Gasteiger partial charge in [-0.15, -0.1) is 24.8 Å². The van der Waals surface area contributed by atoms with E-state index in [0.717, 1.165) is 11.1 Å². The molecule has 0 aliphatic rings. The zero-order chi connectivity index (χ0) is 20.6. The van der Waals surface area contributed by atoms with E-state index in [-0.39, 0.29) is 45.2 Å². The standard InChI is InChI=1S/C11H7Cl2NO.C11H3NO.2CH4.2ClH/c12-8-1-2-9(10(13)6-8)7-3-4-14-11(15)5-7;12-10-8-6-4-2-1-3-5-7-9-11-13;;;;/h1-6H,(H,14,15);11H,12H2;2*1H4;2*1H. The number of H-pyrrole nitrogens is 1. The number of aromatic amines is 1. The highest BCUT2D eigenvalue weighted by molar-refractivity contribution is 6.36. The third-order valence-electron chi connectivity index (χ3n) is 2.66. The molecule has 0 spiro atoms. The lowest BCUT2D eigenvalue weighted by atomic mass is 10.1. The molecule has 8 heteroatoms. The molecule has 0 saturated carbocycles. The van der Waals surface area contributed by atoms with Crippen molar-refractivity contribution in [3.63, 3.8) is 0 Å². The summed E-state index contributed by atoms with van der Waals surface area (Å²) in [4.78, 5) is 23.3. The third-order valence-corrected chi connectivity index (χ3v) is 3.21. The van der Waals surface area contributed by atoms with Crippen LogP contribution in [0.3, 0.4) is 0 Å².